The average molecular weight is 128 g/mol. The number of hydrogen-bond donors (Lipinski definition) is 0. The second kappa shape index (κ2) is 1.96. The van der Waals surface area contributed by atoms with E-state index >= 15 is 0 Å². The minimum absolute atomic E-state index is 0.414. The van der Waals surface area contributed by atoms with Crippen molar-refractivity contribution in [2.24, 2.45) is 0 Å². The van der Waals surface area contributed by atoms with Crippen LogP contribution in [0.3, 0.4) is 0 Å². The summed E-state index contributed by atoms with van der Waals surface area (Å²) in [4.78, 5) is 0. The van der Waals surface area contributed by atoms with E-state index < -0.39 is 0 Å². The molecule has 2 rings (SSSR count). The monoisotopic (exact) mass is 128 g/mol. The van der Waals surface area contributed by atoms with Gasteiger partial charge in [-0.3, -0.25) is 0 Å². The Balaban J connectivity index is 1.93. The normalized spacial score (nSPS) is 48.3. The highest BCUT2D eigenvalue weighted by atomic mass is 16.6. The Morgan fingerprint density at radius 1 is 1.56 bits per heavy atom. The van der Waals surface area contributed by atoms with Gasteiger partial charge >= 0.3 is 0 Å². The maximum atomic E-state index is 5.49. The zero-order valence-electron chi connectivity index (χ0n) is 5.67. The Kier molecular flexibility index (Phi) is 1.24. The molecule has 52 valence electrons. The highest BCUT2D eigenvalue weighted by Gasteiger charge is 2.45. The molecule has 0 aromatic rings. The van der Waals surface area contributed by atoms with Gasteiger partial charge in [0.2, 0.25) is 0 Å². The van der Waals surface area contributed by atoms with Gasteiger partial charge in [-0.05, 0) is 12.8 Å². The standard InChI is InChI=1S/C7H12O2/c1-2-5-7-6(9-5)3-4-8-7/h5-7H,2-4H2,1H3/t5-,6?,7?/m0/s1. The minimum atomic E-state index is 0.414. The lowest BCUT2D eigenvalue weighted by Gasteiger charge is -2.38. The number of hydrogen-bond acceptors (Lipinski definition) is 2. The molecule has 0 bridgehead atoms. The topological polar surface area (TPSA) is 18.5 Å². The van der Waals surface area contributed by atoms with Crippen LogP contribution in [0.4, 0.5) is 0 Å². The Bertz CT molecular complexity index is 113. The highest BCUT2D eigenvalue weighted by molar-refractivity contribution is 4.92. The summed E-state index contributed by atoms with van der Waals surface area (Å²) in [5.41, 5.74) is 0. The molecule has 2 fully saturated rings. The van der Waals surface area contributed by atoms with Crippen LogP contribution < -0.4 is 0 Å². The third-order valence-corrected chi connectivity index (χ3v) is 2.20. The smallest absolute Gasteiger partial charge is 0.110 e. The molecule has 2 aliphatic rings. The molecular weight excluding hydrogens is 116 g/mol. The maximum Gasteiger partial charge on any atom is 0.110 e. The van der Waals surface area contributed by atoms with Crippen LogP contribution in [0.2, 0.25) is 0 Å². The Morgan fingerprint density at radius 2 is 2.44 bits per heavy atom. The van der Waals surface area contributed by atoms with Gasteiger partial charge in [-0.15, -0.1) is 0 Å². The summed E-state index contributed by atoms with van der Waals surface area (Å²) in [6.07, 6.45) is 3.53. The van der Waals surface area contributed by atoms with E-state index in [1.807, 2.05) is 0 Å². The first kappa shape index (κ1) is 5.69. The molecule has 2 heteroatoms. The van der Waals surface area contributed by atoms with Gasteiger partial charge in [-0.25, -0.2) is 0 Å². The fourth-order valence-corrected chi connectivity index (χ4v) is 1.62. The molecule has 9 heavy (non-hydrogen) atoms. The second-order valence-corrected chi connectivity index (χ2v) is 2.75. The highest BCUT2D eigenvalue weighted by Crippen LogP contribution is 2.33. The summed E-state index contributed by atoms with van der Waals surface area (Å²) < 4.78 is 10.9. The van der Waals surface area contributed by atoms with Crippen molar-refractivity contribution in [1.82, 2.24) is 0 Å². The first-order valence-electron chi connectivity index (χ1n) is 3.69. The molecule has 2 aliphatic heterocycles. The zero-order chi connectivity index (χ0) is 6.27. The van der Waals surface area contributed by atoms with Crippen molar-refractivity contribution in [3.05, 3.63) is 0 Å². The third-order valence-electron chi connectivity index (χ3n) is 2.20. The van der Waals surface area contributed by atoms with Crippen LogP contribution in [-0.2, 0) is 9.47 Å². The first-order chi connectivity index (χ1) is 4.42. The van der Waals surface area contributed by atoms with Gasteiger partial charge in [0.15, 0.2) is 0 Å². The van der Waals surface area contributed by atoms with E-state index in [2.05, 4.69) is 6.92 Å². The predicted octanol–water partition coefficient (Wildman–Crippen LogP) is 0.953. The van der Waals surface area contributed by atoms with Gasteiger partial charge in [-0.1, -0.05) is 6.92 Å². The summed E-state index contributed by atoms with van der Waals surface area (Å²) in [5.74, 6) is 0. The summed E-state index contributed by atoms with van der Waals surface area (Å²) in [5, 5.41) is 0. The molecule has 3 atom stereocenters. The Labute approximate surface area is 55.1 Å². The fourth-order valence-electron chi connectivity index (χ4n) is 1.62. The molecule has 0 aliphatic carbocycles. The van der Waals surface area contributed by atoms with Crippen molar-refractivity contribution in [2.45, 2.75) is 38.1 Å². The molecular formula is C7H12O2. The molecule has 2 saturated heterocycles. The third kappa shape index (κ3) is 0.700. The number of fused-ring (bicyclic) bond motifs is 1. The zero-order valence-corrected chi connectivity index (χ0v) is 5.67. The fraction of sp³-hybridized carbons (Fsp3) is 1.00. The van der Waals surface area contributed by atoms with Gasteiger partial charge in [0.25, 0.3) is 0 Å². The van der Waals surface area contributed by atoms with E-state index in [4.69, 9.17) is 9.47 Å². The van der Waals surface area contributed by atoms with E-state index in [9.17, 15) is 0 Å². The summed E-state index contributed by atoms with van der Waals surface area (Å²) in [7, 11) is 0. The molecule has 0 aromatic heterocycles. The molecule has 2 heterocycles. The minimum Gasteiger partial charge on any atom is -0.373 e. The maximum absolute atomic E-state index is 5.49. The number of ether oxygens (including phenoxy) is 2. The molecule has 0 radical (unpaired) electrons. The quantitative estimate of drug-likeness (QED) is 0.523. The van der Waals surface area contributed by atoms with Gasteiger partial charge in [0, 0.05) is 6.61 Å². The SMILES string of the molecule is CC[C@@H]1OC2CCOC21. The van der Waals surface area contributed by atoms with E-state index in [-0.39, 0.29) is 0 Å². The molecule has 0 saturated carbocycles. The Morgan fingerprint density at radius 3 is 3.11 bits per heavy atom. The van der Waals surface area contributed by atoms with Crippen LogP contribution in [-0.4, -0.2) is 24.9 Å². The largest absolute Gasteiger partial charge is 0.373 e. The van der Waals surface area contributed by atoms with Crippen molar-refractivity contribution < 1.29 is 9.47 Å². The summed E-state index contributed by atoms with van der Waals surface area (Å²) >= 11 is 0. The van der Waals surface area contributed by atoms with Crippen molar-refractivity contribution in [1.29, 1.82) is 0 Å². The van der Waals surface area contributed by atoms with Crippen molar-refractivity contribution in [2.75, 3.05) is 6.61 Å². The lowest BCUT2D eigenvalue weighted by atomic mass is 9.99. The van der Waals surface area contributed by atoms with E-state index in [1.54, 1.807) is 0 Å². The van der Waals surface area contributed by atoms with Crippen LogP contribution in [0, 0.1) is 0 Å². The van der Waals surface area contributed by atoms with Gasteiger partial charge in [0.05, 0.1) is 12.2 Å². The van der Waals surface area contributed by atoms with E-state index in [1.165, 1.54) is 0 Å². The molecule has 2 nitrogen and oxygen atoms in total. The first-order valence-corrected chi connectivity index (χ1v) is 3.69. The summed E-state index contributed by atoms with van der Waals surface area (Å²) in [6.45, 7) is 3.05. The predicted molar refractivity (Wildman–Crippen MR) is 33.3 cm³/mol. The summed E-state index contributed by atoms with van der Waals surface area (Å²) in [6, 6.07) is 0. The van der Waals surface area contributed by atoms with Gasteiger partial charge in [-0.2, -0.15) is 0 Å². The average Bonchev–Trinajstić information content (AvgIpc) is 2.14. The number of rotatable bonds is 1. The van der Waals surface area contributed by atoms with E-state index in [0.717, 1.165) is 19.4 Å². The van der Waals surface area contributed by atoms with Crippen LogP contribution >= 0.6 is 0 Å². The molecule has 0 spiro atoms. The Hall–Kier alpha value is -0.0800. The van der Waals surface area contributed by atoms with Crippen molar-refractivity contribution >= 4 is 0 Å². The molecule has 0 aromatic carbocycles. The molecule has 0 N–H and O–H groups in total. The van der Waals surface area contributed by atoms with Crippen LogP contribution in [0.5, 0.6) is 0 Å². The van der Waals surface area contributed by atoms with E-state index in [0.29, 0.717) is 18.3 Å². The van der Waals surface area contributed by atoms with Gasteiger partial charge < -0.3 is 9.47 Å². The van der Waals surface area contributed by atoms with Crippen molar-refractivity contribution in [3.63, 3.8) is 0 Å². The molecule has 2 unspecified atom stereocenters. The van der Waals surface area contributed by atoms with Crippen molar-refractivity contribution in [3.8, 4) is 0 Å². The van der Waals surface area contributed by atoms with Gasteiger partial charge in [0.1, 0.15) is 6.10 Å². The molecule has 0 amide bonds. The second-order valence-electron chi connectivity index (χ2n) is 2.75. The lowest BCUT2D eigenvalue weighted by Crippen LogP contribution is -2.50. The van der Waals surface area contributed by atoms with Crippen LogP contribution in [0.25, 0.3) is 0 Å². The lowest BCUT2D eigenvalue weighted by molar-refractivity contribution is -0.198. The van der Waals surface area contributed by atoms with Crippen LogP contribution in [0.1, 0.15) is 19.8 Å². The van der Waals surface area contributed by atoms with Crippen LogP contribution in [0.15, 0.2) is 0 Å².